The summed E-state index contributed by atoms with van der Waals surface area (Å²) in [5.41, 5.74) is 0. The van der Waals surface area contributed by atoms with Crippen LogP contribution in [0.1, 0.15) is 47.0 Å². The maximum atomic E-state index is 4.60. The van der Waals surface area contributed by atoms with Crippen molar-refractivity contribution in [2.45, 2.75) is 53.0 Å². The molecule has 0 aromatic carbocycles. The maximum absolute atomic E-state index is 4.60. The molecule has 1 atom stereocenters. The summed E-state index contributed by atoms with van der Waals surface area (Å²) < 4.78 is 0. The molecule has 0 amide bonds. The van der Waals surface area contributed by atoms with Gasteiger partial charge < -0.3 is 10.6 Å². The van der Waals surface area contributed by atoms with Gasteiger partial charge in [0.25, 0.3) is 0 Å². The first-order valence-electron chi connectivity index (χ1n) is 7.13. The maximum Gasteiger partial charge on any atom is 0.191 e. The fourth-order valence-corrected chi connectivity index (χ4v) is 2.03. The summed E-state index contributed by atoms with van der Waals surface area (Å²) in [6.07, 6.45) is 5.76. The van der Waals surface area contributed by atoms with Gasteiger partial charge in [-0.05, 0) is 51.0 Å². The average molecular weight is 273 g/mol. The molecule has 0 aliphatic heterocycles. The summed E-state index contributed by atoms with van der Waals surface area (Å²) in [4.78, 5) is 4.60. The van der Waals surface area contributed by atoms with E-state index in [0.717, 1.165) is 31.4 Å². The minimum Gasteiger partial charge on any atom is -0.357 e. The highest BCUT2D eigenvalue weighted by molar-refractivity contribution is 7.98. The van der Waals surface area contributed by atoms with Crippen LogP contribution in [0.2, 0.25) is 0 Å². The molecule has 0 bridgehead atoms. The van der Waals surface area contributed by atoms with E-state index in [2.05, 4.69) is 49.6 Å². The van der Waals surface area contributed by atoms with E-state index >= 15 is 0 Å². The number of nitrogens with zero attached hydrogens (tertiary/aromatic N) is 1. The Labute approximate surface area is 118 Å². The molecule has 0 saturated heterocycles. The summed E-state index contributed by atoms with van der Waals surface area (Å²) in [5.74, 6) is 2.93. The molecule has 18 heavy (non-hydrogen) atoms. The van der Waals surface area contributed by atoms with Crippen molar-refractivity contribution in [3.63, 3.8) is 0 Å². The second kappa shape index (κ2) is 11.7. The Kier molecular flexibility index (Phi) is 11.4. The van der Waals surface area contributed by atoms with Crippen molar-refractivity contribution in [2.24, 2.45) is 10.9 Å². The Bertz CT molecular complexity index is 217. The van der Waals surface area contributed by atoms with E-state index in [9.17, 15) is 0 Å². The van der Waals surface area contributed by atoms with Crippen LogP contribution in [0.5, 0.6) is 0 Å². The molecule has 0 rings (SSSR count). The molecule has 0 spiro atoms. The molecule has 1 unspecified atom stereocenters. The summed E-state index contributed by atoms with van der Waals surface area (Å²) in [6, 6.07) is 0.491. The van der Waals surface area contributed by atoms with Crippen molar-refractivity contribution in [1.82, 2.24) is 10.6 Å². The molecule has 0 aromatic heterocycles. The monoisotopic (exact) mass is 273 g/mol. The first-order chi connectivity index (χ1) is 8.60. The van der Waals surface area contributed by atoms with Gasteiger partial charge in [0.1, 0.15) is 0 Å². The summed E-state index contributed by atoms with van der Waals surface area (Å²) in [5, 5.41) is 6.79. The van der Waals surface area contributed by atoms with E-state index < -0.39 is 0 Å². The molecule has 3 nitrogen and oxygen atoms in total. The number of hydrogen-bond donors (Lipinski definition) is 2. The highest BCUT2D eigenvalue weighted by atomic mass is 32.2. The SMILES string of the molecule is CCNC(=NCCCSC)NC(C)CCC(C)C. The number of rotatable bonds is 9. The Morgan fingerprint density at radius 1 is 1.22 bits per heavy atom. The zero-order chi connectivity index (χ0) is 13.8. The molecule has 4 heteroatoms. The molecular formula is C14H31N3S. The van der Waals surface area contributed by atoms with E-state index in [1.807, 2.05) is 11.8 Å². The van der Waals surface area contributed by atoms with Crippen molar-refractivity contribution in [3.8, 4) is 0 Å². The Balaban J connectivity index is 3.99. The molecule has 108 valence electrons. The molecule has 0 aromatic rings. The normalized spacial score (nSPS) is 13.8. The van der Waals surface area contributed by atoms with Crippen molar-refractivity contribution < 1.29 is 0 Å². The van der Waals surface area contributed by atoms with E-state index in [0.29, 0.717) is 6.04 Å². The first kappa shape index (κ1) is 17.6. The number of thioether (sulfide) groups is 1. The summed E-state index contributed by atoms with van der Waals surface area (Å²) >= 11 is 1.88. The van der Waals surface area contributed by atoms with Gasteiger partial charge in [0, 0.05) is 19.1 Å². The van der Waals surface area contributed by atoms with Crippen LogP contribution in [0.4, 0.5) is 0 Å². The lowest BCUT2D eigenvalue weighted by Crippen LogP contribution is -2.42. The second-order valence-electron chi connectivity index (χ2n) is 5.12. The molecule has 0 aliphatic rings. The van der Waals surface area contributed by atoms with Gasteiger partial charge in [0.2, 0.25) is 0 Å². The van der Waals surface area contributed by atoms with Gasteiger partial charge in [0.15, 0.2) is 5.96 Å². The van der Waals surface area contributed by atoms with Crippen molar-refractivity contribution in [2.75, 3.05) is 25.1 Å². The second-order valence-corrected chi connectivity index (χ2v) is 6.11. The minimum absolute atomic E-state index is 0.491. The Hall–Kier alpha value is -0.380. The van der Waals surface area contributed by atoms with Crippen LogP contribution in [-0.2, 0) is 0 Å². The van der Waals surface area contributed by atoms with E-state index in [4.69, 9.17) is 0 Å². The van der Waals surface area contributed by atoms with Crippen LogP contribution < -0.4 is 10.6 Å². The Morgan fingerprint density at radius 2 is 1.94 bits per heavy atom. The van der Waals surface area contributed by atoms with Gasteiger partial charge in [-0.25, -0.2) is 0 Å². The van der Waals surface area contributed by atoms with Crippen LogP contribution in [0, 0.1) is 5.92 Å². The van der Waals surface area contributed by atoms with Crippen LogP contribution in [0.25, 0.3) is 0 Å². The summed E-state index contributed by atoms with van der Waals surface area (Å²) in [7, 11) is 0. The van der Waals surface area contributed by atoms with Crippen molar-refractivity contribution in [3.05, 3.63) is 0 Å². The predicted octanol–water partition coefficient (Wildman–Crippen LogP) is 3.12. The fourth-order valence-electron chi connectivity index (χ4n) is 1.61. The van der Waals surface area contributed by atoms with Gasteiger partial charge >= 0.3 is 0 Å². The van der Waals surface area contributed by atoms with Crippen LogP contribution in [-0.4, -0.2) is 37.1 Å². The number of guanidine groups is 1. The lowest BCUT2D eigenvalue weighted by molar-refractivity contribution is 0.489. The molecule has 0 aliphatic carbocycles. The average Bonchev–Trinajstić information content (AvgIpc) is 2.32. The number of aliphatic imine (C=N–C) groups is 1. The summed E-state index contributed by atoms with van der Waals surface area (Å²) in [6.45, 7) is 10.7. The molecule has 0 fully saturated rings. The third-order valence-corrected chi connectivity index (χ3v) is 3.38. The minimum atomic E-state index is 0.491. The quantitative estimate of drug-likeness (QED) is 0.385. The zero-order valence-electron chi connectivity index (χ0n) is 12.8. The third kappa shape index (κ3) is 10.8. The fraction of sp³-hybridized carbons (Fsp3) is 0.929. The molecule has 2 N–H and O–H groups in total. The van der Waals surface area contributed by atoms with Crippen molar-refractivity contribution in [1.29, 1.82) is 0 Å². The first-order valence-corrected chi connectivity index (χ1v) is 8.53. The smallest absolute Gasteiger partial charge is 0.191 e. The van der Waals surface area contributed by atoms with E-state index in [1.165, 1.54) is 18.6 Å². The molecule has 0 radical (unpaired) electrons. The number of nitrogens with one attached hydrogen (secondary N) is 2. The van der Waals surface area contributed by atoms with Crippen LogP contribution >= 0.6 is 11.8 Å². The predicted molar refractivity (Wildman–Crippen MR) is 85.6 cm³/mol. The lowest BCUT2D eigenvalue weighted by atomic mass is 10.0. The van der Waals surface area contributed by atoms with Crippen LogP contribution in [0.3, 0.4) is 0 Å². The van der Waals surface area contributed by atoms with E-state index in [-0.39, 0.29) is 0 Å². The lowest BCUT2D eigenvalue weighted by Gasteiger charge is -2.18. The Morgan fingerprint density at radius 3 is 2.50 bits per heavy atom. The largest absolute Gasteiger partial charge is 0.357 e. The van der Waals surface area contributed by atoms with Crippen molar-refractivity contribution >= 4 is 17.7 Å². The zero-order valence-corrected chi connectivity index (χ0v) is 13.6. The van der Waals surface area contributed by atoms with Gasteiger partial charge in [-0.1, -0.05) is 13.8 Å². The molecular weight excluding hydrogens is 242 g/mol. The highest BCUT2D eigenvalue weighted by Gasteiger charge is 2.05. The van der Waals surface area contributed by atoms with E-state index in [1.54, 1.807) is 0 Å². The van der Waals surface area contributed by atoms with Gasteiger partial charge in [-0.15, -0.1) is 0 Å². The number of hydrogen-bond acceptors (Lipinski definition) is 2. The van der Waals surface area contributed by atoms with Gasteiger partial charge in [-0.3, -0.25) is 4.99 Å². The third-order valence-electron chi connectivity index (χ3n) is 2.68. The van der Waals surface area contributed by atoms with Gasteiger partial charge in [-0.2, -0.15) is 11.8 Å². The van der Waals surface area contributed by atoms with Gasteiger partial charge in [0.05, 0.1) is 0 Å². The van der Waals surface area contributed by atoms with Crippen LogP contribution in [0.15, 0.2) is 4.99 Å². The standard InChI is InChI=1S/C14H31N3S/c1-6-15-14(16-10-7-11-18-5)17-13(4)9-8-12(2)3/h12-13H,6-11H2,1-5H3,(H2,15,16,17). The molecule has 0 heterocycles. The highest BCUT2D eigenvalue weighted by Crippen LogP contribution is 2.06. The molecule has 0 saturated carbocycles. The topological polar surface area (TPSA) is 36.4 Å².